The monoisotopic (exact) mass is 1510 g/mol. The van der Waals surface area contributed by atoms with E-state index >= 15 is 4.79 Å². The number of carboxylic acid groups (broad SMARTS) is 1. The third-order valence-electron chi connectivity index (χ3n) is 26.6. The molecule has 0 spiro atoms. The Hall–Kier alpha value is -2.89. The molecule has 0 amide bonds. The lowest BCUT2D eigenvalue weighted by Crippen LogP contribution is -2.70. The van der Waals surface area contributed by atoms with Crippen LogP contribution in [0.1, 0.15) is 113 Å². The molecule has 12 aliphatic rings. The van der Waals surface area contributed by atoms with Crippen molar-refractivity contribution >= 4 is 18.2 Å². The average molecular weight is 1510 g/mol. The molecule has 600 valence electrons. The SMILES string of the molecule is C[C@@H]1O[C@@H](O[C@H]2[C@H](OC(=O)[C@]34CCC(C)(C)C[C@H]3C3=CC[C@@H]5[C@@]6(C)CC[C@H](O[C@@H]7O[C@H](C(=O)[O-])[C@@H](O)[C@H](O[C@@H]8OC[C@@H](O)[C@H](O)[C@H]8O)[C@H]7O[C@@H]7O[C@H](CO)[C@H](O)[C@H](O)[C@H]7O)[C@@](C)(C=O)[C@@H]6CC[C@@]5(C)[C@]3(C)C[C@H]4O)O[C@H](C)[C@H](O)[C@@H]2O)[C@H](O)[C@H](O)[C@H]1O[C@@H]1OC[C@@H](O)[C@H](O[C@@H]2OC[C@](O)(CO)[C@H]2O)[C@H]1O. The minimum Gasteiger partial charge on any atom is -0.547 e. The van der Waals surface area contributed by atoms with Gasteiger partial charge in [0.2, 0.25) is 6.29 Å². The highest BCUT2D eigenvalue weighted by Crippen LogP contribution is 2.76. The van der Waals surface area contributed by atoms with Crippen molar-refractivity contribution in [2.24, 2.45) is 50.2 Å². The molecule has 12 rings (SSSR count). The first kappa shape index (κ1) is 81.6. The van der Waals surface area contributed by atoms with E-state index in [0.29, 0.717) is 38.5 Å². The van der Waals surface area contributed by atoms with Gasteiger partial charge in [0.05, 0.1) is 68.8 Å². The van der Waals surface area contributed by atoms with Crippen LogP contribution >= 0.6 is 0 Å². The van der Waals surface area contributed by atoms with Crippen molar-refractivity contribution in [2.45, 2.75) is 315 Å². The number of aliphatic hydroxyl groups excluding tert-OH is 17. The second-order valence-corrected chi connectivity index (χ2v) is 33.2. The fraction of sp³-hybridized carbons (Fsp3) is 0.928. The highest BCUT2D eigenvalue weighted by Gasteiger charge is 2.73. The number of carbonyl (C=O) groups excluding carboxylic acids is 3. The van der Waals surface area contributed by atoms with E-state index in [1.165, 1.54) is 13.8 Å². The van der Waals surface area contributed by atoms with Gasteiger partial charge in [-0.05, 0) is 111 Å². The normalized spacial score (nSPS) is 55.0. The number of allylic oxidation sites excluding steroid dienone is 2. The van der Waals surface area contributed by atoms with Gasteiger partial charge in [-0.1, -0.05) is 53.2 Å². The van der Waals surface area contributed by atoms with Gasteiger partial charge in [0.15, 0.2) is 43.8 Å². The number of aliphatic carboxylic acids is 1. The van der Waals surface area contributed by atoms with Crippen LogP contribution in [-0.2, 0) is 80.7 Å². The lowest BCUT2D eigenvalue weighted by molar-refractivity contribution is -0.401. The Morgan fingerprint density at radius 2 is 1.15 bits per heavy atom. The molecule has 36 heteroatoms. The Kier molecular flexibility index (Phi) is 23.5. The molecule has 11 fully saturated rings. The summed E-state index contributed by atoms with van der Waals surface area (Å²) in [6.07, 6.45) is -51.6. The summed E-state index contributed by atoms with van der Waals surface area (Å²) in [7, 11) is 0. The van der Waals surface area contributed by atoms with Gasteiger partial charge < -0.3 is 173 Å². The Labute approximate surface area is 604 Å². The van der Waals surface area contributed by atoms with Crippen molar-refractivity contribution in [3.8, 4) is 0 Å². The molecule has 105 heavy (non-hydrogen) atoms. The average Bonchev–Trinajstić information content (AvgIpc) is 0.867. The zero-order valence-electron chi connectivity index (χ0n) is 59.7. The summed E-state index contributed by atoms with van der Waals surface area (Å²) in [5.41, 5.74) is -6.95. The number of carboxylic acids is 1. The van der Waals surface area contributed by atoms with Crippen LogP contribution in [0, 0.1) is 50.2 Å². The van der Waals surface area contributed by atoms with Gasteiger partial charge in [-0.3, -0.25) is 4.79 Å². The van der Waals surface area contributed by atoms with Gasteiger partial charge in [0, 0.05) is 0 Å². The van der Waals surface area contributed by atoms with Gasteiger partial charge in [0.25, 0.3) is 0 Å². The predicted molar refractivity (Wildman–Crippen MR) is 340 cm³/mol. The maximum atomic E-state index is 15.7. The topological polar surface area (TPSA) is 568 Å². The zero-order chi connectivity index (χ0) is 76.7. The van der Waals surface area contributed by atoms with Gasteiger partial charge in [-0.25, -0.2) is 0 Å². The van der Waals surface area contributed by atoms with Crippen molar-refractivity contribution in [3.05, 3.63) is 11.6 Å². The van der Waals surface area contributed by atoms with Crippen LogP contribution in [0.4, 0.5) is 0 Å². The summed E-state index contributed by atoms with van der Waals surface area (Å²) in [4.78, 5) is 42.9. The number of fused-ring (bicyclic) bond motifs is 7. The second-order valence-electron chi connectivity index (χ2n) is 33.2. The van der Waals surface area contributed by atoms with Crippen molar-refractivity contribution in [1.29, 1.82) is 0 Å². The van der Waals surface area contributed by atoms with Gasteiger partial charge >= 0.3 is 5.97 Å². The molecule has 0 aromatic heterocycles. The van der Waals surface area contributed by atoms with Crippen LogP contribution in [-0.4, -0.2) is 345 Å². The fourth-order valence-electron chi connectivity index (χ4n) is 20.0. The third kappa shape index (κ3) is 13.8. The summed E-state index contributed by atoms with van der Waals surface area (Å²) >= 11 is 0. The number of aldehydes is 1. The molecule has 0 bridgehead atoms. The van der Waals surface area contributed by atoms with E-state index in [1.54, 1.807) is 6.92 Å². The maximum absolute atomic E-state index is 15.7. The first-order chi connectivity index (χ1) is 49.2. The minimum absolute atomic E-state index is 0.0375. The van der Waals surface area contributed by atoms with Crippen LogP contribution in [0.2, 0.25) is 0 Å². The van der Waals surface area contributed by atoms with E-state index < -0.39 is 292 Å². The highest BCUT2D eigenvalue weighted by atomic mass is 16.8. The summed E-state index contributed by atoms with van der Waals surface area (Å²) < 4.78 is 83.2. The van der Waals surface area contributed by atoms with E-state index in [4.69, 9.17) is 66.3 Å². The lowest BCUT2D eigenvalue weighted by Gasteiger charge is -2.71. The molecule has 7 heterocycles. The molecule has 0 unspecified atom stereocenters. The quantitative estimate of drug-likeness (QED) is 0.0262. The van der Waals surface area contributed by atoms with Crippen molar-refractivity contribution < 1.29 is 178 Å². The second kappa shape index (κ2) is 30.2. The Balaban J connectivity index is 0.777. The van der Waals surface area contributed by atoms with Gasteiger partial charge in [-0.15, -0.1) is 0 Å². The van der Waals surface area contributed by atoms with E-state index in [2.05, 4.69) is 40.7 Å². The summed E-state index contributed by atoms with van der Waals surface area (Å²) in [5, 5.41) is 212. The van der Waals surface area contributed by atoms with Crippen molar-refractivity contribution in [2.75, 3.05) is 33.0 Å². The number of carbonyl (C=O) groups is 3. The molecule has 7 aliphatic heterocycles. The van der Waals surface area contributed by atoms with E-state index in [-0.39, 0.29) is 25.2 Å². The molecular weight excluding hydrogens is 1400 g/mol. The number of ether oxygens (including phenoxy) is 14. The van der Waals surface area contributed by atoms with Crippen LogP contribution in [0.3, 0.4) is 0 Å². The molecule has 4 saturated carbocycles. The van der Waals surface area contributed by atoms with Gasteiger partial charge in [0.1, 0.15) is 139 Å². The largest absolute Gasteiger partial charge is 0.547 e. The van der Waals surface area contributed by atoms with E-state index in [1.807, 2.05) is 0 Å². The fourth-order valence-corrected chi connectivity index (χ4v) is 20.0. The van der Waals surface area contributed by atoms with E-state index in [0.717, 1.165) is 11.9 Å². The maximum Gasteiger partial charge on any atom is 0.317 e. The predicted octanol–water partition coefficient (Wildman–Crippen LogP) is -7.68. The first-order valence-electron chi connectivity index (χ1n) is 36.3. The molecule has 0 aromatic rings. The first-order valence-corrected chi connectivity index (χ1v) is 36.3. The Bertz CT molecular complexity index is 3100. The third-order valence-corrected chi connectivity index (χ3v) is 26.6. The zero-order valence-corrected chi connectivity index (χ0v) is 59.7. The smallest absolute Gasteiger partial charge is 0.317 e. The van der Waals surface area contributed by atoms with Crippen LogP contribution in [0.25, 0.3) is 0 Å². The van der Waals surface area contributed by atoms with Crippen molar-refractivity contribution in [3.63, 3.8) is 0 Å². The van der Waals surface area contributed by atoms with Gasteiger partial charge in [-0.2, -0.15) is 0 Å². The Morgan fingerprint density at radius 3 is 1.81 bits per heavy atom. The number of hydrogen-bond acceptors (Lipinski definition) is 36. The molecule has 36 nitrogen and oxygen atoms in total. The molecule has 5 aliphatic carbocycles. The molecule has 7 saturated heterocycles. The molecule has 41 atom stereocenters. The molecule has 0 aromatic carbocycles. The van der Waals surface area contributed by atoms with Crippen LogP contribution in [0.15, 0.2) is 11.6 Å². The number of hydrogen-bond donors (Lipinski definition) is 18. The standard InChI is InChI=1S/C69H108O36/c1-25-36(76)40(80)51(103-57-44(84)41(81)47(26(2)96-57)99-56-46(86)48(30(74)21-93-56)100-61-53(87)68(91,23-72)24-94-61)59(95-25)105-62(90)69-16-15-63(3,4)17-28(69)27-9-10-33-64(5)13-12-35(65(6,22-71)32(64)11-14-66(33,7)67(27,8)18-34(69)75)98-60-52(104-58-43(83)39(79)38(78)31(19-70)97-58)49(45(85)50(102-60)54(88)89)101-55-42(82)37(77)29(73)20-92-55/h9,22,25-26,28-53,55-61,70,72-87,91H,10-21,23-24H2,1-8H3,(H,88,89)/p-1/t25-,26+,28+,29-,30-,31-,32-,33-,34-,35+,36+,37+,38+,39+,40+,41+,42-,43-,44-,45+,46-,47+,48+,49+,50+,51-,52-,53+,55+,56+,57+,58+,59+,60-,61+,64+,65+,66-,67-,68-,69-/m1/s1. The molecule has 18 N–H and O–H groups in total. The number of esters is 1. The molecular formula is C69H107O36-. The molecule has 0 radical (unpaired) electrons. The lowest BCUT2D eigenvalue weighted by atomic mass is 9.33. The van der Waals surface area contributed by atoms with Crippen LogP contribution < -0.4 is 5.11 Å². The minimum atomic E-state index is -2.30. The number of aliphatic hydroxyl groups is 18. The number of rotatable bonds is 18. The van der Waals surface area contributed by atoms with Crippen molar-refractivity contribution in [1.82, 2.24) is 0 Å². The summed E-state index contributed by atoms with van der Waals surface area (Å²) in [5.74, 6) is -4.31. The highest BCUT2D eigenvalue weighted by molar-refractivity contribution is 5.80. The summed E-state index contributed by atoms with van der Waals surface area (Å²) in [6, 6.07) is 0. The summed E-state index contributed by atoms with van der Waals surface area (Å²) in [6.45, 7) is 11.5. The Morgan fingerprint density at radius 1 is 0.552 bits per heavy atom. The van der Waals surface area contributed by atoms with Crippen LogP contribution in [0.5, 0.6) is 0 Å². The van der Waals surface area contributed by atoms with E-state index in [9.17, 15) is 107 Å².